The number of aliphatic hydroxyl groups excluding tert-OH is 2. The molecule has 0 aliphatic heterocycles. The van der Waals surface area contributed by atoms with Crippen molar-refractivity contribution in [3.8, 4) is 0 Å². The lowest BCUT2D eigenvalue weighted by Crippen LogP contribution is -2.47. The van der Waals surface area contributed by atoms with Crippen LogP contribution in [0.2, 0.25) is 0 Å². The number of hydrogen-bond acceptors (Lipinski definition) is 3. The van der Waals surface area contributed by atoms with E-state index in [1.54, 1.807) is 0 Å². The standard InChI is InChI=1S/C16H34N2O3/c1-4-5-6-7-8-10-16(21)17-11-9-12-18(2,3)13-15(20)14-19/h15,19-20H,4-14H2,1-3H3/p+1. The van der Waals surface area contributed by atoms with Crippen LogP contribution in [0.25, 0.3) is 0 Å². The molecule has 1 amide bonds. The SMILES string of the molecule is CCCCCCCC(=O)NCCC[N+](C)(C)CC(O)CO. The van der Waals surface area contributed by atoms with Crippen LogP contribution in [0, 0.1) is 0 Å². The Morgan fingerprint density at radius 3 is 2.43 bits per heavy atom. The van der Waals surface area contributed by atoms with Gasteiger partial charge in [0.15, 0.2) is 0 Å². The average molecular weight is 303 g/mol. The molecule has 0 spiro atoms. The number of nitrogens with one attached hydrogen (secondary N) is 1. The predicted molar refractivity (Wildman–Crippen MR) is 85.9 cm³/mol. The first-order chi connectivity index (χ1) is 9.91. The topological polar surface area (TPSA) is 69.6 Å². The van der Waals surface area contributed by atoms with Crippen LogP contribution in [-0.2, 0) is 4.79 Å². The molecule has 3 N–H and O–H groups in total. The predicted octanol–water partition coefficient (Wildman–Crippen LogP) is 1.28. The first-order valence-electron chi connectivity index (χ1n) is 8.29. The summed E-state index contributed by atoms with van der Waals surface area (Å²) in [4.78, 5) is 11.6. The molecule has 0 fully saturated rings. The lowest BCUT2D eigenvalue weighted by atomic mass is 10.1. The van der Waals surface area contributed by atoms with Gasteiger partial charge in [-0.1, -0.05) is 32.6 Å². The smallest absolute Gasteiger partial charge is 0.219 e. The molecule has 0 aliphatic rings. The third kappa shape index (κ3) is 12.8. The minimum Gasteiger partial charge on any atom is -0.393 e. The van der Waals surface area contributed by atoms with Gasteiger partial charge in [0.05, 0.1) is 27.2 Å². The second kappa shape index (κ2) is 12.0. The number of aliphatic hydroxyl groups is 2. The molecule has 1 atom stereocenters. The van der Waals surface area contributed by atoms with Crippen molar-refractivity contribution in [3.63, 3.8) is 0 Å². The Bertz CT molecular complexity index is 270. The summed E-state index contributed by atoms with van der Waals surface area (Å²) in [5, 5.41) is 21.3. The molecular formula is C16H35N2O3+. The Morgan fingerprint density at radius 2 is 1.81 bits per heavy atom. The molecule has 5 heteroatoms. The third-order valence-corrected chi connectivity index (χ3v) is 3.69. The Balaban J connectivity index is 3.58. The monoisotopic (exact) mass is 303 g/mol. The van der Waals surface area contributed by atoms with Gasteiger partial charge in [-0.2, -0.15) is 0 Å². The van der Waals surface area contributed by atoms with Crippen LogP contribution in [0.5, 0.6) is 0 Å². The van der Waals surface area contributed by atoms with Gasteiger partial charge in [0.25, 0.3) is 0 Å². The summed E-state index contributed by atoms with van der Waals surface area (Å²) in [6.07, 6.45) is 6.68. The zero-order valence-electron chi connectivity index (χ0n) is 14.1. The van der Waals surface area contributed by atoms with Crippen LogP contribution in [0.15, 0.2) is 0 Å². The number of nitrogens with zero attached hydrogens (tertiary/aromatic N) is 1. The number of hydrogen-bond donors (Lipinski definition) is 3. The Morgan fingerprint density at radius 1 is 1.14 bits per heavy atom. The van der Waals surface area contributed by atoms with Crippen molar-refractivity contribution in [2.24, 2.45) is 0 Å². The number of unbranched alkanes of at least 4 members (excludes halogenated alkanes) is 4. The van der Waals surface area contributed by atoms with Crippen molar-refractivity contribution >= 4 is 5.91 Å². The first-order valence-corrected chi connectivity index (χ1v) is 8.29. The fraction of sp³-hybridized carbons (Fsp3) is 0.938. The molecule has 126 valence electrons. The van der Waals surface area contributed by atoms with Crippen molar-refractivity contribution in [1.82, 2.24) is 5.32 Å². The number of carbonyl (C=O) groups is 1. The quantitative estimate of drug-likeness (QED) is 0.355. The molecule has 0 bridgehead atoms. The van der Waals surface area contributed by atoms with Gasteiger partial charge in [-0.3, -0.25) is 4.79 Å². The summed E-state index contributed by atoms with van der Waals surface area (Å²) in [5.41, 5.74) is 0. The lowest BCUT2D eigenvalue weighted by Gasteiger charge is -2.31. The highest BCUT2D eigenvalue weighted by atomic mass is 16.3. The molecule has 0 aromatic rings. The Kier molecular flexibility index (Phi) is 11.6. The van der Waals surface area contributed by atoms with Crippen molar-refractivity contribution in [3.05, 3.63) is 0 Å². The van der Waals surface area contributed by atoms with Crippen molar-refractivity contribution in [2.75, 3.05) is 40.3 Å². The van der Waals surface area contributed by atoms with Crippen LogP contribution < -0.4 is 5.32 Å². The van der Waals surface area contributed by atoms with Crippen molar-refractivity contribution in [2.45, 2.75) is 58.0 Å². The molecule has 0 heterocycles. The number of likely N-dealkylation sites (N-methyl/N-ethyl adjacent to an activating group) is 1. The summed E-state index contributed by atoms with van der Waals surface area (Å²) in [6, 6.07) is 0. The Labute approximate surface area is 129 Å². The molecule has 0 rings (SSSR count). The molecule has 0 radical (unpaired) electrons. The summed E-state index contributed by atoms with van der Waals surface area (Å²) in [7, 11) is 4.04. The van der Waals surface area contributed by atoms with E-state index in [1.807, 2.05) is 14.1 Å². The molecule has 0 aromatic carbocycles. The molecule has 21 heavy (non-hydrogen) atoms. The first kappa shape index (κ1) is 20.3. The molecule has 0 aliphatic carbocycles. The van der Waals surface area contributed by atoms with E-state index in [9.17, 15) is 9.90 Å². The second-order valence-corrected chi connectivity index (χ2v) is 6.55. The van der Waals surface area contributed by atoms with Crippen LogP contribution >= 0.6 is 0 Å². The highest BCUT2D eigenvalue weighted by Crippen LogP contribution is 2.05. The summed E-state index contributed by atoms with van der Waals surface area (Å²) in [6.45, 7) is 4.07. The van der Waals surface area contributed by atoms with E-state index in [4.69, 9.17) is 5.11 Å². The number of quaternary nitrogens is 1. The van der Waals surface area contributed by atoms with Gasteiger partial charge >= 0.3 is 0 Å². The highest BCUT2D eigenvalue weighted by Gasteiger charge is 2.19. The van der Waals surface area contributed by atoms with E-state index >= 15 is 0 Å². The van der Waals surface area contributed by atoms with Crippen molar-refractivity contribution < 1.29 is 19.5 Å². The second-order valence-electron chi connectivity index (χ2n) is 6.55. The fourth-order valence-corrected chi connectivity index (χ4v) is 2.43. The summed E-state index contributed by atoms with van der Waals surface area (Å²) in [5.74, 6) is 0.146. The van der Waals surface area contributed by atoms with Gasteiger partial charge in [0.1, 0.15) is 12.6 Å². The van der Waals surface area contributed by atoms with Crippen LogP contribution in [0.3, 0.4) is 0 Å². The zero-order valence-corrected chi connectivity index (χ0v) is 14.1. The molecule has 0 saturated carbocycles. The number of carbonyl (C=O) groups excluding carboxylic acids is 1. The van der Waals surface area contributed by atoms with Gasteiger partial charge in [-0.25, -0.2) is 0 Å². The normalized spacial score (nSPS) is 13.2. The minimum absolute atomic E-state index is 0.146. The minimum atomic E-state index is -0.669. The van der Waals surface area contributed by atoms with E-state index in [-0.39, 0.29) is 12.5 Å². The van der Waals surface area contributed by atoms with Gasteiger partial charge in [0.2, 0.25) is 5.91 Å². The van der Waals surface area contributed by atoms with E-state index in [1.165, 1.54) is 19.3 Å². The molecule has 0 saturated heterocycles. The third-order valence-electron chi connectivity index (χ3n) is 3.69. The van der Waals surface area contributed by atoms with E-state index in [0.717, 1.165) is 25.8 Å². The maximum absolute atomic E-state index is 11.6. The van der Waals surface area contributed by atoms with E-state index in [0.29, 0.717) is 24.0 Å². The highest BCUT2D eigenvalue weighted by molar-refractivity contribution is 5.75. The van der Waals surface area contributed by atoms with E-state index in [2.05, 4.69) is 12.2 Å². The largest absolute Gasteiger partial charge is 0.393 e. The summed E-state index contributed by atoms with van der Waals surface area (Å²) >= 11 is 0. The number of rotatable bonds is 13. The van der Waals surface area contributed by atoms with Gasteiger partial charge < -0.3 is 20.0 Å². The molecular weight excluding hydrogens is 268 g/mol. The zero-order chi connectivity index (χ0) is 16.1. The molecule has 5 nitrogen and oxygen atoms in total. The van der Waals surface area contributed by atoms with E-state index < -0.39 is 6.10 Å². The Hall–Kier alpha value is -0.650. The molecule has 0 aromatic heterocycles. The number of amides is 1. The van der Waals surface area contributed by atoms with Gasteiger partial charge in [0, 0.05) is 19.4 Å². The van der Waals surface area contributed by atoms with Crippen LogP contribution in [0.1, 0.15) is 51.9 Å². The van der Waals surface area contributed by atoms with Gasteiger partial charge in [-0.05, 0) is 6.42 Å². The van der Waals surface area contributed by atoms with Crippen LogP contribution in [0.4, 0.5) is 0 Å². The van der Waals surface area contributed by atoms with Crippen LogP contribution in [-0.4, -0.2) is 67.0 Å². The maximum atomic E-state index is 11.6. The maximum Gasteiger partial charge on any atom is 0.219 e. The average Bonchev–Trinajstić information content (AvgIpc) is 2.43. The van der Waals surface area contributed by atoms with Crippen molar-refractivity contribution in [1.29, 1.82) is 0 Å². The molecule has 1 unspecified atom stereocenters. The van der Waals surface area contributed by atoms with Gasteiger partial charge in [-0.15, -0.1) is 0 Å². The lowest BCUT2D eigenvalue weighted by molar-refractivity contribution is -0.893. The summed E-state index contributed by atoms with van der Waals surface area (Å²) < 4.78 is 0.647. The fourth-order valence-electron chi connectivity index (χ4n) is 2.43.